The molecule has 8 heteroatoms. The molecule has 148 valence electrons. The first kappa shape index (κ1) is 17.5. The molecule has 28 heavy (non-hydrogen) atoms. The molecule has 6 nitrogen and oxygen atoms in total. The van der Waals surface area contributed by atoms with Gasteiger partial charge in [0.25, 0.3) is 0 Å². The Labute approximate surface area is 162 Å². The number of aromatic nitrogens is 2. The Bertz CT molecular complexity index is 867. The zero-order valence-electron chi connectivity index (χ0n) is 15.6. The number of amides is 2. The number of halogens is 2. The summed E-state index contributed by atoms with van der Waals surface area (Å²) in [5.74, 6) is -1.05. The van der Waals surface area contributed by atoms with Gasteiger partial charge in [-0.05, 0) is 25.0 Å². The van der Waals surface area contributed by atoms with Crippen LogP contribution in [0.15, 0.2) is 24.5 Å². The Morgan fingerprint density at radius 1 is 1.00 bits per heavy atom. The number of urea groups is 1. The van der Waals surface area contributed by atoms with Crippen molar-refractivity contribution in [2.75, 3.05) is 44.2 Å². The van der Waals surface area contributed by atoms with Gasteiger partial charge >= 0.3 is 6.03 Å². The lowest BCUT2D eigenvalue weighted by Crippen LogP contribution is -2.42. The lowest BCUT2D eigenvalue weighted by Gasteiger charge is -2.27. The van der Waals surface area contributed by atoms with Crippen molar-refractivity contribution in [1.29, 1.82) is 0 Å². The highest BCUT2D eigenvalue weighted by Crippen LogP contribution is 2.37. The monoisotopic (exact) mass is 387 g/mol. The fraction of sp³-hybridized carbons (Fsp3) is 0.500. The molecule has 1 aromatic heterocycles. The van der Waals surface area contributed by atoms with E-state index in [2.05, 4.69) is 10.2 Å². The predicted octanol–water partition coefficient (Wildman–Crippen LogP) is 2.94. The standard InChI is InChI=1S/C20H23F2N5O/c21-18-16(13-7-23-24-8-13)3-4-17(19(18)22)26-9-14-11-27(12-15(14)10-26)20(28)25-5-1-2-6-25/h3-4,7-8,14-15H,1-2,5-6,9-12H2,(H,23,24). The number of fused-ring (bicyclic) bond motifs is 1. The van der Waals surface area contributed by atoms with E-state index in [-0.39, 0.29) is 11.6 Å². The first-order chi connectivity index (χ1) is 13.6. The highest BCUT2D eigenvalue weighted by Gasteiger charge is 2.43. The molecule has 0 bridgehead atoms. The third-order valence-electron chi connectivity index (χ3n) is 6.35. The number of benzene rings is 1. The quantitative estimate of drug-likeness (QED) is 0.862. The van der Waals surface area contributed by atoms with E-state index in [4.69, 9.17) is 0 Å². The summed E-state index contributed by atoms with van der Waals surface area (Å²) >= 11 is 0. The first-order valence-electron chi connectivity index (χ1n) is 9.88. The van der Waals surface area contributed by atoms with E-state index in [0.29, 0.717) is 49.3 Å². The van der Waals surface area contributed by atoms with Crippen molar-refractivity contribution in [2.24, 2.45) is 11.8 Å². The summed E-state index contributed by atoms with van der Waals surface area (Å²) in [6.45, 7) is 4.40. The number of anilines is 1. The summed E-state index contributed by atoms with van der Waals surface area (Å²) in [7, 11) is 0. The number of hydrogen-bond acceptors (Lipinski definition) is 3. The van der Waals surface area contributed by atoms with Crippen molar-refractivity contribution in [3.8, 4) is 11.1 Å². The van der Waals surface area contributed by atoms with Gasteiger partial charge in [0, 0.05) is 68.4 Å². The van der Waals surface area contributed by atoms with E-state index >= 15 is 0 Å². The predicted molar refractivity (Wildman–Crippen MR) is 101 cm³/mol. The molecule has 2 aromatic rings. The van der Waals surface area contributed by atoms with Crippen molar-refractivity contribution in [3.05, 3.63) is 36.2 Å². The van der Waals surface area contributed by atoms with E-state index in [0.717, 1.165) is 25.9 Å². The second-order valence-corrected chi connectivity index (χ2v) is 8.05. The van der Waals surface area contributed by atoms with Crippen LogP contribution in [0.4, 0.5) is 19.3 Å². The molecule has 3 aliphatic heterocycles. The van der Waals surface area contributed by atoms with Crippen LogP contribution < -0.4 is 4.90 Å². The molecule has 0 saturated carbocycles. The van der Waals surface area contributed by atoms with E-state index < -0.39 is 11.6 Å². The molecular weight excluding hydrogens is 364 g/mol. The molecule has 4 heterocycles. The average molecular weight is 387 g/mol. The van der Waals surface area contributed by atoms with Crippen LogP contribution in [0.5, 0.6) is 0 Å². The van der Waals surface area contributed by atoms with E-state index in [1.54, 1.807) is 18.3 Å². The van der Waals surface area contributed by atoms with Gasteiger partial charge in [0.15, 0.2) is 11.6 Å². The van der Waals surface area contributed by atoms with Crippen molar-refractivity contribution >= 4 is 11.7 Å². The maximum atomic E-state index is 14.8. The summed E-state index contributed by atoms with van der Waals surface area (Å²) in [5.41, 5.74) is 1.03. The number of carbonyl (C=O) groups excluding carboxylic acids is 1. The third-order valence-corrected chi connectivity index (χ3v) is 6.35. The number of H-pyrrole nitrogens is 1. The van der Waals surface area contributed by atoms with Gasteiger partial charge in [-0.1, -0.05) is 0 Å². The van der Waals surface area contributed by atoms with Crippen LogP contribution in [-0.2, 0) is 0 Å². The average Bonchev–Trinajstić information content (AvgIpc) is 3.46. The zero-order valence-corrected chi connectivity index (χ0v) is 15.6. The smallest absolute Gasteiger partial charge is 0.320 e. The second-order valence-electron chi connectivity index (χ2n) is 8.05. The molecule has 0 aliphatic carbocycles. The first-order valence-corrected chi connectivity index (χ1v) is 9.88. The highest BCUT2D eigenvalue weighted by molar-refractivity contribution is 5.75. The SMILES string of the molecule is O=C(N1CCCC1)N1CC2CN(c3ccc(-c4cn[nH]c4)c(F)c3F)CC2C1. The summed E-state index contributed by atoms with van der Waals surface area (Å²) < 4.78 is 29.4. The van der Waals surface area contributed by atoms with Crippen molar-refractivity contribution in [3.63, 3.8) is 0 Å². The van der Waals surface area contributed by atoms with Crippen molar-refractivity contribution in [2.45, 2.75) is 12.8 Å². The Morgan fingerprint density at radius 3 is 2.36 bits per heavy atom. The molecule has 5 rings (SSSR count). The van der Waals surface area contributed by atoms with Crippen molar-refractivity contribution in [1.82, 2.24) is 20.0 Å². The van der Waals surface area contributed by atoms with Gasteiger partial charge in [0.2, 0.25) is 0 Å². The lowest BCUT2D eigenvalue weighted by molar-refractivity contribution is 0.170. The van der Waals surface area contributed by atoms with Crippen LogP contribution in [-0.4, -0.2) is 65.3 Å². The number of likely N-dealkylation sites (tertiary alicyclic amines) is 2. The van der Waals surface area contributed by atoms with Gasteiger partial charge in [-0.2, -0.15) is 5.10 Å². The van der Waals surface area contributed by atoms with Gasteiger partial charge in [-0.25, -0.2) is 13.6 Å². The molecule has 3 fully saturated rings. The number of nitrogens with one attached hydrogen (secondary N) is 1. The molecule has 1 aromatic carbocycles. The highest BCUT2D eigenvalue weighted by atomic mass is 19.2. The van der Waals surface area contributed by atoms with Gasteiger partial charge < -0.3 is 14.7 Å². The molecule has 2 amide bonds. The second kappa shape index (κ2) is 6.76. The molecule has 3 saturated heterocycles. The van der Waals surface area contributed by atoms with Crippen molar-refractivity contribution < 1.29 is 13.6 Å². The molecule has 1 N–H and O–H groups in total. The minimum atomic E-state index is -0.846. The maximum Gasteiger partial charge on any atom is 0.320 e. The molecule has 2 unspecified atom stereocenters. The van der Waals surface area contributed by atoms with Crippen LogP contribution in [0.25, 0.3) is 11.1 Å². The largest absolute Gasteiger partial charge is 0.368 e. The number of nitrogens with zero attached hydrogens (tertiary/aromatic N) is 4. The third kappa shape index (κ3) is 2.82. The Morgan fingerprint density at radius 2 is 1.71 bits per heavy atom. The van der Waals surface area contributed by atoms with Crippen LogP contribution in [0.1, 0.15) is 12.8 Å². The Hall–Kier alpha value is -2.64. The fourth-order valence-corrected chi connectivity index (χ4v) is 4.86. The number of rotatable bonds is 2. The molecule has 3 aliphatic rings. The summed E-state index contributed by atoms with van der Waals surface area (Å²) in [6, 6.07) is 3.39. The van der Waals surface area contributed by atoms with Gasteiger partial charge in [0.1, 0.15) is 0 Å². The zero-order chi connectivity index (χ0) is 19.3. The minimum absolute atomic E-state index is 0.139. The number of hydrogen-bond donors (Lipinski definition) is 1. The maximum absolute atomic E-state index is 14.8. The van der Waals surface area contributed by atoms with Crippen LogP contribution >= 0.6 is 0 Å². The lowest BCUT2D eigenvalue weighted by atomic mass is 10.0. The van der Waals surface area contributed by atoms with Gasteiger partial charge in [-0.15, -0.1) is 0 Å². The minimum Gasteiger partial charge on any atom is -0.368 e. The van der Waals surface area contributed by atoms with Crippen LogP contribution in [0.2, 0.25) is 0 Å². The van der Waals surface area contributed by atoms with Gasteiger partial charge in [0.05, 0.1) is 11.9 Å². The number of carbonyl (C=O) groups is 1. The Balaban J connectivity index is 1.29. The van der Waals surface area contributed by atoms with E-state index in [1.165, 1.54) is 6.20 Å². The summed E-state index contributed by atoms with van der Waals surface area (Å²) in [6.07, 6.45) is 5.19. The summed E-state index contributed by atoms with van der Waals surface area (Å²) in [5, 5.41) is 6.42. The Kier molecular flexibility index (Phi) is 4.21. The molecule has 0 radical (unpaired) electrons. The number of aromatic amines is 1. The van der Waals surface area contributed by atoms with Crippen LogP contribution in [0, 0.1) is 23.5 Å². The summed E-state index contributed by atoms with van der Waals surface area (Å²) in [4.78, 5) is 18.4. The topological polar surface area (TPSA) is 55.5 Å². The molecule has 0 spiro atoms. The van der Waals surface area contributed by atoms with E-state index in [1.807, 2.05) is 14.7 Å². The normalized spacial score (nSPS) is 24.3. The van der Waals surface area contributed by atoms with Gasteiger partial charge in [-0.3, -0.25) is 5.10 Å². The molecular formula is C20H23F2N5O. The fourth-order valence-electron chi connectivity index (χ4n) is 4.86. The van der Waals surface area contributed by atoms with Crippen LogP contribution in [0.3, 0.4) is 0 Å². The molecule has 2 atom stereocenters. The van der Waals surface area contributed by atoms with E-state index in [9.17, 15) is 13.6 Å².